The number of nitro benzene ring substituents is 1. The number of carbonyl (C=O) groups excluding carboxylic acids is 1. The Labute approximate surface area is 159 Å². The predicted octanol–water partition coefficient (Wildman–Crippen LogP) is 3.53. The lowest BCUT2D eigenvalue weighted by Crippen LogP contribution is -2.15. The van der Waals surface area contributed by atoms with E-state index in [1.54, 1.807) is 12.1 Å². The maximum Gasteiger partial charge on any atom is 0.327 e. The maximum atomic E-state index is 12.7. The number of ether oxygens (including phenoxy) is 4. The summed E-state index contributed by atoms with van der Waals surface area (Å²) in [4.78, 5) is 23.5. The highest BCUT2D eigenvalue weighted by atomic mass is 35.5. The second-order valence-electron chi connectivity index (χ2n) is 5.10. The number of carbonyl (C=O) groups is 1. The zero-order valence-corrected chi connectivity index (χ0v) is 15.7. The smallest absolute Gasteiger partial charge is 0.327 e. The standard InChI is InChI=1S/C17H17ClN2O7/c1-24-12-6-5-9(7-11(12)18)19-17(21)10-8-13(25-2)15(26-3)16(27-4)14(10)20(22)23/h5-8H,1-4H3,(H,19,21). The number of hydrogen-bond acceptors (Lipinski definition) is 7. The second-order valence-corrected chi connectivity index (χ2v) is 5.51. The molecule has 0 unspecified atom stereocenters. The molecule has 0 aliphatic heterocycles. The molecule has 0 atom stereocenters. The van der Waals surface area contributed by atoms with Gasteiger partial charge in [0.1, 0.15) is 11.3 Å². The Morgan fingerprint density at radius 2 is 1.63 bits per heavy atom. The molecule has 0 radical (unpaired) electrons. The molecule has 0 aromatic heterocycles. The third-order valence-corrected chi connectivity index (χ3v) is 3.94. The topological polar surface area (TPSA) is 109 Å². The van der Waals surface area contributed by atoms with Crippen molar-refractivity contribution < 1.29 is 28.7 Å². The summed E-state index contributed by atoms with van der Waals surface area (Å²) >= 11 is 6.03. The molecule has 10 heteroatoms. The molecule has 1 amide bonds. The van der Waals surface area contributed by atoms with Gasteiger partial charge in [-0.25, -0.2) is 0 Å². The monoisotopic (exact) mass is 396 g/mol. The Balaban J connectivity index is 2.54. The van der Waals surface area contributed by atoms with E-state index in [-0.39, 0.29) is 27.8 Å². The van der Waals surface area contributed by atoms with Crippen LogP contribution in [-0.2, 0) is 0 Å². The van der Waals surface area contributed by atoms with Crippen molar-refractivity contribution in [3.05, 3.63) is 45.0 Å². The summed E-state index contributed by atoms with van der Waals surface area (Å²) in [5, 5.41) is 14.4. The van der Waals surface area contributed by atoms with E-state index in [1.165, 1.54) is 40.6 Å². The van der Waals surface area contributed by atoms with Gasteiger partial charge in [0.15, 0.2) is 5.75 Å². The molecule has 0 saturated heterocycles. The summed E-state index contributed by atoms with van der Waals surface area (Å²) in [6, 6.07) is 5.77. The van der Waals surface area contributed by atoms with Crippen molar-refractivity contribution >= 4 is 28.9 Å². The van der Waals surface area contributed by atoms with Crippen LogP contribution in [0.25, 0.3) is 0 Å². The molecule has 0 fully saturated rings. The summed E-state index contributed by atoms with van der Waals surface area (Å²) in [6.45, 7) is 0. The number of methoxy groups -OCH3 is 4. The zero-order valence-electron chi connectivity index (χ0n) is 15.0. The number of nitrogens with one attached hydrogen (secondary N) is 1. The number of anilines is 1. The van der Waals surface area contributed by atoms with Crippen molar-refractivity contribution in [1.82, 2.24) is 0 Å². The first-order chi connectivity index (χ1) is 12.9. The summed E-state index contributed by atoms with van der Waals surface area (Å²) < 4.78 is 20.4. The van der Waals surface area contributed by atoms with E-state index in [9.17, 15) is 14.9 Å². The third kappa shape index (κ3) is 3.98. The number of benzene rings is 2. The van der Waals surface area contributed by atoms with Crippen LogP contribution in [0.2, 0.25) is 5.02 Å². The molecular formula is C17H17ClN2O7. The van der Waals surface area contributed by atoms with Gasteiger partial charge in [0.25, 0.3) is 5.91 Å². The lowest BCUT2D eigenvalue weighted by atomic mass is 10.1. The summed E-state index contributed by atoms with van der Waals surface area (Å²) in [7, 11) is 5.34. The van der Waals surface area contributed by atoms with Crippen molar-refractivity contribution in [3.8, 4) is 23.0 Å². The summed E-state index contributed by atoms with van der Waals surface area (Å²) in [5.41, 5.74) is -0.484. The van der Waals surface area contributed by atoms with Crippen molar-refractivity contribution in [2.75, 3.05) is 33.8 Å². The van der Waals surface area contributed by atoms with Crippen molar-refractivity contribution in [2.45, 2.75) is 0 Å². The Morgan fingerprint density at radius 1 is 1.00 bits per heavy atom. The van der Waals surface area contributed by atoms with E-state index < -0.39 is 16.5 Å². The normalized spacial score (nSPS) is 10.1. The van der Waals surface area contributed by atoms with Crippen molar-refractivity contribution in [2.24, 2.45) is 0 Å². The number of nitro groups is 1. The van der Waals surface area contributed by atoms with Crippen LogP contribution in [-0.4, -0.2) is 39.3 Å². The minimum absolute atomic E-state index is 0.00995. The summed E-state index contributed by atoms with van der Waals surface area (Å²) in [6.07, 6.45) is 0. The van der Waals surface area contributed by atoms with Crippen LogP contribution in [0.4, 0.5) is 11.4 Å². The van der Waals surface area contributed by atoms with Gasteiger partial charge in [0, 0.05) is 11.8 Å². The fourth-order valence-corrected chi connectivity index (χ4v) is 2.70. The van der Waals surface area contributed by atoms with Gasteiger partial charge in [-0.2, -0.15) is 0 Å². The molecule has 2 rings (SSSR count). The molecular weight excluding hydrogens is 380 g/mol. The van der Waals surface area contributed by atoms with Gasteiger partial charge in [-0.15, -0.1) is 0 Å². The number of rotatable bonds is 7. The lowest BCUT2D eigenvalue weighted by molar-refractivity contribution is -0.386. The molecule has 2 aromatic rings. The molecule has 0 heterocycles. The molecule has 2 aromatic carbocycles. The van der Waals surface area contributed by atoms with Gasteiger partial charge in [-0.1, -0.05) is 11.6 Å². The van der Waals surface area contributed by atoms with E-state index >= 15 is 0 Å². The van der Waals surface area contributed by atoms with Crippen LogP contribution >= 0.6 is 11.6 Å². The molecule has 27 heavy (non-hydrogen) atoms. The van der Waals surface area contributed by atoms with Crippen LogP contribution in [0, 0.1) is 10.1 Å². The van der Waals surface area contributed by atoms with Gasteiger partial charge >= 0.3 is 5.69 Å². The van der Waals surface area contributed by atoms with E-state index in [4.69, 9.17) is 30.5 Å². The third-order valence-electron chi connectivity index (χ3n) is 3.64. The van der Waals surface area contributed by atoms with Crippen LogP contribution in [0.3, 0.4) is 0 Å². The largest absolute Gasteiger partial charge is 0.495 e. The molecule has 0 spiro atoms. The predicted molar refractivity (Wildman–Crippen MR) is 98.7 cm³/mol. The second kappa shape index (κ2) is 8.45. The fraction of sp³-hybridized carbons (Fsp3) is 0.235. The number of halogens is 1. The molecule has 0 bridgehead atoms. The van der Waals surface area contributed by atoms with Gasteiger partial charge < -0.3 is 24.3 Å². The van der Waals surface area contributed by atoms with Crippen molar-refractivity contribution in [1.29, 1.82) is 0 Å². The van der Waals surface area contributed by atoms with Gasteiger partial charge in [-0.3, -0.25) is 14.9 Å². The highest BCUT2D eigenvalue weighted by Crippen LogP contribution is 2.46. The van der Waals surface area contributed by atoms with E-state index in [1.807, 2.05) is 0 Å². The molecule has 0 aliphatic rings. The molecule has 1 N–H and O–H groups in total. The Morgan fingerprint density at radius 3 is 2.11 bits per heavy atom. The number of amides is 1. The first-order valence-corrected chi connectivity index (χ1v) is 7.87. The average Bonchev–Trinajstić information content (AvgIpc) is 2.65. The first-order valence-electron chi connectivity index (χ1n) is 7.50. The van der Waals surface area contributed by atoms with Crippen molar-refractivity contribution in [3.63, 3.8) is 0 Å². The summed E-state index contributed by atoms with van der Waals surface area (Å²) in [5.74, 6) is -0.427. The zero-order chi connectivity index (χ0) is 20.1. The van der Waals surface area contributed by atoms with Gasteiger partial charge in [0.2, 0.25) is 11.5 Å². The van der Waals surface area contributed by atoms with Gasteiger partial charge in [0.05, 0.1) is 38.4 Å². The first kappa shape index (κ1) is 20.1. The maximum absolute atomic E-state index is 12.7. The van der Waals surface area contributed by atoms with E-state index in [2.05, 4.69) is 5.32 Å². The Bertz CT molecular complexity index is 886. The SMILES string of the molecule is COc1ccc(NC(=O)c2cc(OC)c(OC)c(OC)c2[N+](=O)[O-])cc1Cl. The highest BCUT2D eigenvalue weighted by Gasteiger charge is 2.32. The Hall–Kier alpha value is -3.20. The number of nitrogens with zero attached hydrogens (tertiary/aromatic N) is 1. The lowest BCUT2D eigenvalue weighted by Gasteiger charge is -2.15. The Kier molecular flexibility index (Phi) is 6.30. The van der Waals surface area contributed by atoms with E-state index in [0.29, 0.717) is 11.4 Å². The van der Waals surface area contributed by atoms with Crippen LogP contribution < -0.4 is 24.3 Å². The number of hydrogen-bond donors (Lipinski definition) is 1. The minimum atomic E-state index is -0.748. The minimum Gasteiger partial charge on any atom is -0.495 e. The fourth-order valence-electron chi connectivity index (χ4n) is 2.44. The molecule has 9 nitrogen and oxygen atoms in total. The van der Waals surface area contributed by atoms with Crippen LogP contribution in [0.5, 0.6) is 23.0 Å². The molecule has 144 valence electrons. The molecule has 0 saturated carbocycles. The van der Waals surface area contributed by atoms with E-state index in [0.717, 1.165) is 0 Å². The van der Waals surface area contributed by atoms with Crippen LogP contribution in [0.15, 0.2) is 24.3 Å². The highest BCUT2D eigenvalue weighted by molar-refractivity contribution is 6.32. The van der Waals surface area contributed by atoms with Gasteiger partial charge in [-0.05, 0) is 18.2 Å². The van der Waals surface area contributed by atoms with Crippen LogP contribution in [0.1, 0.15) is 10.4 Å². The molecule has 0 aliphatic carbocycles. The quantitative estimate of drug-likeness (QED) is 0.563. The average molecular weight is 397 g/mol.